The Morgan fingerprint density at radius 3 is 1.59 bits per heavy atom. The molecule has 0 aromatic carbocycles. The van der Waals surface area contributed by atoms with Crippen LogP contribution in [0.2, 0.25) is 0 Å². The number of methoxy groups -OCH3 is 1. The van der Waals surface area contributed by atoms with E-state index in [2.05, 4.69) is 24.8 Å². The van der Waals surface area contributed by atoms with E-state index in [4.69, 9.17) is 0 Å². The molecule has 0 aliphatic heterocycles. The van der Waals surface area contributed by atoms with Crippen LogP contribution in [-0.2, 0) is 14.3 Å². The Labute approximate surface area is 136 Å². The highest BCUT2D eigenvalue weighted by molar-refractivity contribution is 5.71. The number of carbonyl (C=O) groups excluding carboxylic acids is 2. The molecule has 0 radical (unpaired) electrons. The molecule has 128 valence electrons. The zero-order valence-electron chi connectivity index (χ0n) is 14.6. The van der Waals surface area contributed by atoms with Crippen LogP contribution in [0, 0.1) is 0 Å². The maximum atomic E-state index is 10.3. The van der Waals surface area contributed by atoms with Crippen LogP contribution in [0.4, 0.5) is 0 Å². The molecule has 0 bridgehead atoms. The van der Waals surface area contributed by atoms with Crippen LogP contribution in [0.5, 0.6) is 0 Å². The van der Waals surface area contributed by atoms with E-state index in [0.717, 1.165) is 24.7 Å². The molecule has 3 heteroatoms. The molecule has 0 aliphatic rings. The average molecular weight is 310 g/mol. The maximum Gasteiger partial charge on any atom is 0.184 e. The third kappa shape index (κ3) is 20.9. The lowest BCUT2D eigenvalue weighted by Crippen LogP contribution is -1.85. The van der Waals surface area contributed by atoms with Gasteiger partial charge < -0.3 is 4.74 Å². The molecule has 0 aromatic heterocycles. The van der Waals surface area contributed by atoms with Gasteiger partial charge in [-0.1, -0.05) is 77.9 Å². The predicted molar refractivity (Wildman–Crippen MR) is 93.9 cm³/mol. The van der Waals surface area contributed by atoms with Crippen LogP contribution in [0.3, 0.4) is 0 Å². The van der Waals surface area contributed by atoms with Crippen molar-refractivity contribution in [1.29, 1.82) is 0 Å². The summed E-state index contributed by atoms with van der Waals surface area (Å²) in [6.07, 6.45) is 15.7. The van der Waals surface area contributed by atoms with Gasteiger partial charge in [-0.15, -0.1) is 0 Å². The van der Waals surface area contributed by atoms with E-state index in [1.165, 1.54) is 64.9 Å². The minimum Gasteiger partial charge on any atom is -0.494 e. The Bertz CT molecular complexity index is 295. The monoisotopic (exact) mass is 310 g/mol. The topological polar surface area (TPSA) is 43.4 Å². The second-order valence-electron chi connectivity index (χ2n) is 5.50. The molecule has 0 aliphatic carbocycles. The number of hydrogen-bond donors (Lipinski definition) is 0. The Morgan fingerprint density at radius 2 is 1.27 bits per heavy atom. The Kier molecular flexibility index (Phi) is 20.4. The molecule has 0 fully saturated rings. The first-order valence-electron chi connectivity index (χ1n) is 8.43. The summed E-state index contributed by atoms with van der Waals surface area (Å²) in [5, 5.41) is 0. The van der Waals surface area contributed by atoms with Crippen molar-refractivity contribution in [2.24, 2.45) is 0 Å². The summed E-state index contributed by atoms with van der Waals surface area (Å²) in [5.74, 6) is 0.162. The molecule has 0 rings (SSSR count). The fraction of sp³-hybridized carbons (Fsp3) is 0.684. The predicted octanol–water partition coefficient (Wildman–Crippen LogP) is 5.40. The van der Waals surface area contributed by atoms with Crippen molar-refractivity contribution in [2.75, 3.05) is 7.11 Å². The molecule has 3 nitrogen and oxygen atoms in total. The molecule has 0 unspecified atom stereocenters. The normalized spacial score (nSPS) is 9.36. The minimum atomic E-state index is 0.162. The highest BCUT2D eigenvalue weighted by Gasteiger charge is 1.94. The van der Waals surface area contributed by atoms with Gasteiger partial charge in [0.1, 0.15) is 6.29 Å². The van der Waals surface area contributed by atoms with Gasteiger partial charge in [-0.05, 0) is 18.4 Å². The lowest BCUT2D eigenvalue weighted by atomic mass is 10.0. The van der Waals surface area contributed by atoms with E-state index in [0.29, 0.717) is 6.29 Å². The summed E-state index contributed by atoms with van der Waals surface area (Å²) >= 11 is 0. The summed E-state index contributed by atoms with van der Waals surface area (Å²) in [6, 6.07) is 0. The molecule has 0 N–H and O–H groups in total. The highest BCUT2D eigenvalue weighted by atomic mass is 16.5. The molecule has 22 heavy (non-hydrogen) atoms. The van der Waals surface area contributed by atoms with Crippen LogP contribution < -0.4 is 0 Å². The molecule has 0 atom stereocenters. The number of unbranched alkanes of at least 4 members (excludes halogenated alkanes) is 9. The molecule has 0 heterocycles. The first kappa shape index (κ1) is 22.9. The van der Waals surface area contributed by atoms with Gasteiger partial charge in [-0.3, -0.25) is 9.59 Å². The zero-order valence-corrected chi connectivity index (χ0v) is 14.6. The molecule has 0 amide bonds. The van der Waals surface area contributed by atoms with Gasteiger partial charge in [0.05, 0.1) is 7.11 Å². The SMILES string of the molecule is C=C(C=O)CCCCCCCCCCCC.C=C(C=O)OC. The lowest BCUT2D eigenvalue weighted by molar-refractivity contribution is -0.107. The van der Waals surface area contributed by atoms with Gasteiger partial charge in [0.2, 0.25) is 0 Å². The smallest absolute Gasteiger partial charge is 0.184 e. The average Bonchev–Trinajstić information content (AvgIpc) is 2.56. The van der Waals surface area contributed by atoms with Crippen LogP contribution >= 0.6 is 0 Å². The highest BCUT2D eigenvalue weighted by Crippen LogP contribution is 2.12. The number of allylic oxidation sites excluding steroid dienone is 2. The fourth-order valence-corrected chi connectivity index (χ4v) is 1.95. The van der Waals surface area contributed by atoms with Gasteiger partial charge in [-0.2, -0.15) is 0 Å². The van der Waals surface area contributed by atoms with Gasteiger partial charge in [0.25, 0.3) is 0 Å². The van der Waals surface area contributed by atoms with Gasteiger partial charge in [0.15, 0.2) is 12.0 Å². The fourth-order valence-electron chi connectivity index (χ4n) is 1.95. The number of carbonyl (C=O) groups is 2. The van der Waals surface area contributed by atoms with E-state index >= 15 is 0 Å². The summed E-state index contributed by atoms with van der Waals surface area (Å²) in [4.78, 5) is 19.8. The van der Waals surface area contributed by atoms with Crippen molar-refractivity contribution in [3.63, 3.8) is 0 Å². The van der Waals surface area contributed by atoms with Gasteiger partial charge in [-0.25, -0.2) is 0 Å². The summed E-state index contributed by atoms with van der Waals surface area (Å²) in [6.45, 7) is 9.14. The van der Waals surface area contributed by atoms with E-state index in [1.54, 1.807) is 0 Å². The lowest BCUT2D eigenvalue weighted by Gasteiger charge is -2.01. The number of ether oxygens (including phenoxy) is 1. The molecule has 0 spiro atoms. The van der Waals surface area contributed by atoms with Crippen LogP contribution in [0.1, 0.15) is 77.6 Å². The van der Waals surface area contributed by atoms with Gasteiger partial charge in [0, 0.05) is 0 Å². The van der Waals surface area contributed by atoms with Crippen molar-refractivity contribution in [3.05, 3.63) is 24.5 Å². The molecule has 0 saturated carbocycles. The number of aldehydes is 2. The molecule has 0 saturated heterocycles. The first-order chi connectivity index (χ1) is 10.6. The zero-order chi connectivity index (χ0) is 17.1. The van der Waals surface area contributed by atoms with Crippen LogP contribution in [0.25, 0.3) is 0 Å². The van der Waals surface area contributed by atoms with Crippen LogP contribution in [0.15, 0.2) is 24.5 Å². The van der Waals surface area contributed by atoms with Crippen molar-refractivity contribution >= 4 is 12.6 Å². The van der Waals surface area contributed by atoms with Crippen molar-refractivity contribution < 1.29 is 14.3 Å². The third-order valence-corrected chi connectivity index (χ3v) is 3.41. The van der Waals surface area contributed by atoms with E-state index < -0.39 is 0 Å². The first-order valence-corrected chi connectivity index (χ1v) is 8.43. The Morgan fingerprint density at radius 1 is 0.818 bits per heavy atom. The second kappa shape index (κ2) is 19.6. The van der Waals surface area contributed by atoms with Crippen molar-refractivity contribution in [3.8, 4) is 0 Å². The standard InChI is InChI=1S/C15H28O.C4H6O2/c1-3-4-5-6-7-8-9-10-11-12-13-15(2)14-16;1-4(3-5)6-2/h14H,2-13H2,1H3;3H,1H2,2H3. The summed E-state index contributed by atoms with van der Waals surface area (Å²) in [7, 11) is 1.40. The van der Waals surface area contributed by atoms with E-state index in [9.17, 15) is 9.59 Å². The summed E-state index contributed by atoms with van der Waals surface area (Å²) < 4.78 is 4.34. The minimum absolute atomic E-state index is 0.162. The Hall–Kier alpha value is -1.38. The van der Waals surface area contributed by atoms with Crippen molar-refractivity contribution in [2.45, 2.75) is 77.6 Å². The van der Waals surface area contributed by atoms with Crippen LogP contribution in [-0.4, -0.2) is 19.7 Å². The second-order valence-corrected chi connectivity index (χ2v) is 5.50. The van der Waals surface area contributed by atoms with E-state index in [-0.39, 0.29) is 5.76 Å². The third-order valence-electron chi connectivity index (χ3n) is 3.41. The Balaban J connectivity index is 0. The number of rotatable bonds is 14. The van der Waals surface area contributed by atoms with E-state index in [1.807, 2.05) is 0 Å². The molecule has 0 aromatic rings. The largest absolute Gasteiger partial charge is 0.494 e. The maximum absolute atomic E-state index is 10.3. The molecular formula is C19H34O3. The molecular weight excluding hydrogens is 276 g/mol. The quantitative estimate of drug-likeness (QED) is 0.187. The van der Waals surface area contributed by atoms with Crippen molar-refractivity contribution in [1.82, 2.24) is 0 Å². The van der Waals surface area contributed by atoms with Gasteiger partial charge >= 0.3 is 0 Å². The number of hydrogen-bond acceptors (Lipinski definition) is 3. The summed E-state index contributed by atoms with van der Waals surface area (Å²) in [5.41, 5.74) is 0.750.